The average Bonchev–Trinajstić information content (AvgIpc) is 3.54. The Labute approximate surface area is 190 Å². The van der Waals surface area contributed by atoms with Crippen LogP contribution in [0.1, 0.15) is 34.5 Å². The Morgan fingerprint density at radius 2 is 2.06 bits per heavy atom. The fourth-order valence-corrected chi connectivity index (χ4v) is 4.31. The fraction of sp³-hybridized carbons (Fsp3) is 0.200. The van der Waals surface area contributed by atoms with E-state index in [9.17, 15) is 9.59 Å². The van der Waals surface area contributed by atoms with Gasteiger partial charge in [-0.05, 0) is 61.9 Å². The Bertz CT molecular complexity index is 1220. The van der Waals surface area contributed by atoms with Crippen LogP contribution in [-0.2, 0) is 4.79 Å². The summed E-state index contributed by atoms with van der Waals surface area (Å²) in [5.41, 5.74) is 3.33. The molecule has 162 valence electrons. The predicted molar refractivity (Wildman–Crippen MR) is 125 cm³/mol. The predicted octanol–water partition coefficient (Wildman–Crippen LogP) is 4.57. The molecule has 0 aliphatic carbocycles. The van der Waals surface area contributed by atoms with Gasteiger partial charge < -0.3 is 20.4 Å². The van der Waals surface area contributed by atoms with E-state index in [-0.39, 0.29) is 11.8 Å². The number of halogens is 1. The molecule has 5 rings (SSSR count). The molecule has 0 radical (unpaired) electrons. The number of benzene rings is 2. The second-order valence-electron chi connectivity index (χ2n) is 7.96. The van der Waals surface area contributed by atoms with Crippen molar-refractivity contribution in [2.75, 3.05) is 18.4 Å². The lowest BCUT2D eigenvalue weighted by Gasteiger charge is -2.12. The first kappa shape index (κ1) is 20.5. The number of hydrogen-bond donors (Lipinski definition) is 3. The smallest absolute Gasteiger partial charge is 0.256 e. The van der Waals surface area contributed by atoms with Crippen molar-refractivity contribution in [2.24, 2.45) is 0 Å². The van der Waals surface area contributed by atoms with Gasteiger partial charge in [-0.25, -0.2) is 0 Å². The number of nitrogens with one attached hydrogen (secondary N) is 3. The third-order valence-corrected chi connectivity index (χ3v) is 6.12. The molecule has 3 N–H and O–H groups in total. The minimum Gasteiger partial charge on any atom is -0.457 e. The summed E-state index contributed by atoms with van der Waals surface area (Å²) in [7, 11) is 0. The monoisotopic (exact) mass is 447 g/mol. The molecule has 1 aromatic heterocycles. The molecule has 32 heavy (non-hydrogen) atoms. The molecule has 2 aliphatic heterocycles. The second kappa shape index (κ2) is 8.65. The quantitative estimate of drug-likeness (QED) is 0.500. The lowest BCUT2D eigenvalue weighted by atomic mass is 10.1. The number of amides is 2. The van der Waals surface area contributed by atoms with Crippen LogP contribution in [-0.4, -0.2) is 30.9 Å². The van der Waals surface area contributed by atoms with Crippen molar-refractivity contribution in [3.63, 3.8) is 0 Å². The summed E-state index contributed by atoms with van der Waals surface area (Å²) in [6, 6.07) is 16.7. The zero-order valence-corrected chi connectivity index (χ0v) is 18.0. The summed E-state index contributed by atoms with van der Waals surface area (Å²) < 4.78 is 5.97. The maximum Gasteiger partial charge on any atom is 0.256 e. The third kappa shape index (κ3) is 4.07. The highest BCUT2D eigenvalue weighted by Crippen LogP contribution is 2.34. The number of carbonyl (C=O) groups excluding carboxylic acids is 2. The van der Waals surface area contributed by atoms with Crippen LogP contribution in [0.2, 0.25) is 5.02 Å². The molecular formula is C25H22ClN3O3. The van der Waals surface area contributed by atoms with Gasteiger partial charge in [0.25, 0.3) is 11.8 Å². The Morgan fingerprint density at radius 3 is 2.91 bits per heavy atom. The molecule has 0 bridgehead atoms. The molecule has 3 heterocycles. The van der Waals surface area contributed by atoms with E-state index in [1.807, 2.05) is 36.4 Å². The molecule has 1 saturated heterocycles. The second-order valence-corrected chi connectivity index (χ2v) is 8.36. The lowest BCUT2D eigenvalue weighted by molar-refractivity contribution is -0.110. The van der Waals surface area contributed by atoms with Gasteiger partial charge in [0, 0.05) is 29.4 Å². The largest absolute Gasteiger partial charge is 0.457 e. The summed E-state index contributed by atoms with van der Waals surface area (Å²) in [6.07, 6.45) is 3.91. The standard InChI is InChI=1S/C25H22ClN3O3/c26-21-9-7-15(12-20(21)24(30)28-14-16-4-3-11-27-16)23-10-8-17(32-23)13-19-18-5-1-2-6-22(18)29-25(19)31/h1-2,5-10,12-13,16,27H,3-4,11,14H2,(H,28,30)(H,29,31)/b19-13+. The molecule has 7 heteroatoms. The lowest BCUT2D eigenvalue weighted by Crippen LogP contribution is -2.37. The number of para-hydroxylation sites is 1. The van der Waals surface area contributed by atoms with E-state index >= 15 is 0 Å². The molecule has 6 nitrogen and oxygen atoms in total. The van der Waals surface area contributed by atoms with E-state index in [4.69, 9.17) is 16.0 Å². The van der Waals surface area contributed by atoms with Crippen LogP contribution >= 0.6 is 11.6 Å². The maximum atomic E-state index is 12.7. The first-order chi connectivity index (χ1) is 15.6. The van der Waals surface area contributed by atoms with E-state index < -0.39 is 0 Å². The van der Waals surface area contributed by atoms with Crippen LogP contribution in [0, 0.1) is 0 Å². The number of hydrogen-bond acceptors (Lipinski definition) is 4. The third-order valence-electron chi connectivity index (χ3n) is 5.79. The van der Waals surface area contributed by atoms with E-state index in [0.717, 1.165) is 36.2 Å². The molecule has 0 saturated carbocycles. The van der Waals surface area contributed by atoms with Gasteiger partial charge in [-0.1, -0.05) is 29.8 Å². The summed E-state index contributed by atoms with van der Waals surface area (Å²) in [5, 5.41) is 9.56. The van der Waals surface area contributed by atoms with Gasteiger partial charge in [-0.2, -0.15) is 0 Å². The highest BCUT2D eigenvalue weighted by Gasteiger charge is 2.24. The fourth-order valence-electron chi connectivity index (χ4n) is 4.10. The van der Waals surface area contributed by atoms with Crippen molar-refractivity contribution < 1.29 is 14.0 Å². The van der Waals surface area contributed by atoms with Crippen LogP contribution in [0.5, 0.6) is 0 Å². The number of fused-ring (bicyclic) bond motifs is 1. The molecule has 2 aliphatic rings. The van der Waals surface area contributed by atoms with Gasteiger partial charge in [-0.3, -0.25) is 9.59 Å². The highest BCUT2D eigenvalue weighted by atomic mass is 35.5. The Kier molecular flexibility index (Phi) is 5.55. The van der Waals surface area contributed by atoms with Gasteiger partial charge in [0.15, 0.2) is 0 Å². The van der Waals surface area contributed by atoms with E-state index in [1.54, 1.807) is 24.3 Å². The van der Waals surface area contributed by atoms with Gasteiger partial charge >= 0.3 is 0 Å². The van der Waals surface area contributed by atoms with Crippen LogP contribution in [0.3, 0.4) is 0 Å². The zero-order valence-electron chi connectivity index (χ0n) is 17.3. The van der Waals surface area contributed by atoms with Gasteiger partial charge in [0.2, 0.25) is 0 Å². The van der Waals surface area contributed by atoms with Crippen LogP contribution in [0.4, 0.5) is 5.69 Å². The first-order valence-corrected chi connectivity index (χ1v) is 11.0. The van der Waals surface area contributed by atoms with Crippen molar-refractivity contribution in [1.82, 2.24) is 10.6 Å². The Hall–Kier alpha value is -3.35. The summed E-state index contributed by atoms with van der Waals surface area (Å²) in [6.45, 7) is 1.56. The SMILES string of the molecule is O=C1Nc2ccccc2/C1=C\c1ccc(-c2ccc(Cl)c(C(=O)NCC3CCCN3)c2)o1. The molecular weight excluding hydrogens is 426 g/mol. The molecule has 2 aromatic carbocycles. The van der Waals surface area contributed by atoms with Crippen molar-refractivity contribution in [1.29, 1.82) is 0 Å². The molecule has 1 unspecified atom stereocenters. The molecule has 0 spiro atoms. The van der Waals surface area contributed by atoms with Crippen molar-refractivity contribution in [3.05, 3.63) is 76.5 Å². The van der Waals surface area contributed by atoms with E-state index in [1.165, 1.54) is 0 Å². The Morgan fingerprint density at radius 1 is 1.19 bits per heavy atom. The average molecular weight is 448 g/mol. The summed E-state index contributed by atoms with van der Waals surface area (Å²) in [4.78, 5) is 25.0. The van der Waals surface area contributed by atoms with Crippen molar-refractivity contribution >= 4 is 40.8 Å². The van der Waals surface area contributed by atoms with Crippen LogP contribution < -0.4 is 16.0 Å². The van der Waals surface area contributed by atoms with Crippen molar-refractivity contribution in [2.45, 2.75) is 18.9 Å². The number of anilines is 1. The van der Waals surface area contributed by atoms with Gasteiger partial charge in [0.05, 0.1) is 16.2 Å². The summed E-state index contributed by atoms with van der Waals surface area (Å²) in [5.74, 6) is 0.770. The summed E-state index contributed by atoms with van der Waals surface area (Å²) >= 11 is 6.30. The minimum atomic E-state index is -0.210. The molecule has 1 fully saturated rings. The van der Waals surface area contributed by atoms with E-state index in [2.05, 4.69) is 16.0 Å². The zero-order chi connectivity index (χ0) is 22.1. The minimum absolute atomic E-state index is 0.161. The van der Waals surface area contributed by atoms with Crippen LogP contribution in [0.15, 0.2) is 59.0 Å². The first-order valence-electron chi connectivity index (χ1n) is 10.6. The number of rotatable bonds is 5. The van der Waals surface area contributed by atoms with Crippen LogP contribution in [0.25, 0.3) is 23.0 Å². The molecule has 2 amide bonds. The number of furan rings is 1. The Balaban J connectivity index is 1.37. The maximum absolute atomic E-state index is 12.7. The van der Waals surface area contributed by atoms with Gasteiger partial charge in [0.1, 0.15) is 11.5 Å². The highest BCUT2D eigenvalue weighted by molar-refractivity contribution is 6.35. The molecule has 3 aromatic rings. The number of carbonyl (C=O) groups is 2. The van der Waals surface area contributed by atoms with Crippen molar-refractivity contribution in [3.8, 4) is 11.3 Å². The van der Waals surface area contributed by atoms with Gasteiger partial charge in [-0.15, -0.1) is 0 Å². The topological polar surface area (TPSA) is 83.4 Å². The van der Waals surface area contributed by atoms with E-state index in [0.29, 0.717) is 40.3 Å². The normalized spacial score (nSPS) is 18.6. The molecule has 1 atom stereocenters.